The number of carbonyl (C=O) groups excluding carboxylic acids is 1. The van der Waals surface area contributed by atoms with E-state index in [0.29, 0.717) is 30.4 Å². The summed E-state index contributed by atoms with van der Waals surface area (Å²) in [6.45, 7) is 5.96. The third-order valence-corrected chi connectivity index (χ3v) is 7.56. The minimum Gasteiger partial charge on any atom is -0.493 e. The first kappa shape index (κ1) is 25.2. The average molecular weight is 483 g/mol. The Labute approximate surface area is 208 Å². The Morgan fingerprint density at radius 1 is 1.03 bits per heavy atom. The highest BCUT2D eigenvalue weighted by Crippen LogP contribution is 2.60. The zero-order valence-corrected chi connectivity index (χ0v) is 21.6. The molecular formula is C28H38N2O5. The molecule has 0 N–H and O–H groups in total. The molecule has 2 aromatic rings. The molecule has 0 radical (unpaired) electrons. The minimum atomic E-state index is 0.148. The molecule has 1 aliphatic carbocycles. The Kier molecular flexibility index (Phi) is 7.75. The molecule has 7 nitrogen and oxygen atoms in total. The number of aryl methyl sites for hydroxylation is 1. The van der Waals surface area contributed by atoms with Crippen LogP contribution in [0.15, 0.2) is 36.4 Å². The topological polar surface area (TPSA) is 60.5 Å². The molecule has 1 heterocycles. The highest BCUT2D eigenvalue weighted by molar-refractivity contribution is 5.82. The van der Waals surface area contributed by atoms with Crippen molar-refractivity contribution in [2.75, 3.05) is 54.6 Å². The summed E-state index contributed by atoms with van der Waals surface area (Å²) < 4.78 is 22.2. The van der Waals surface area contributed by atoms with Gasteiger partial charge in [0, 0.05) is 19.5 Å². The van der Waals surface area contributed by atoms with Crippen LogP contribution in [0, 0.1) is 18.3 Å². The standard InChI is InChI=1S/C28H38N2O5/c1-20-6-8-22(9-7-20)35-15-14-29(2)27(31)23-18-28(23)10-12-30(13-11-28)19-21-16-24(32-3)26(34-5)25(17-21)33-4/h6-9,16-17,23H,10-15,18-19H2,1-5H3/t23-/m1/s1. The number of nitrogens with zero attached hydrogens (tertiary/aromatic N) is 2. The maximum Gasteiger partial charge on any atom is 0.226 e. The Hall–Kier alpha value is -2.93. The summed E-state index contributed by atoms with van der Waals surface area (Å²) in [6.07, 6.45) is 3.12. The van der Waals surface area contributed by atoms with Gasteiger partial charge in [-0.1, -0.05) is 17.7 Å². The van der Waals surface area contributed by atoms with Gasteiger partial charge < -0.3 is 23.8 Å². The van der Waals surface area contributed by atoms with Crippen molar-refractivity contribution in [3.63, 3.8) is 0 Å². The van der Waals surface area contributed by atoms with Gasteiger partial charge in [0.2, 0.25) is 11.7 Å². The molecule has 190 valence electrons. The van der Waals surface area contributed by atoms with Crippen LogP contribution in [0.25, 0.3) is 0 Å². The van der Waals surface area contributed by atoms with Gasteiger partial charge in [-0.3, -0.25) is 9.69 Å². The number of benzene rings is 2. The molecule has 1 aliphatic heterocycles. The van der Waals surface area contributed by atoms with E-state index >= 15 is 0 Å². The molecule has 7 heteroatoms. The monoisotopic (exact) mass is 482 g/mol. The largest absolute Gasteiger partial charge is 0.493 e. The van der Waals surface area contributed by atoms with Gasteiger partial charge in [0.25, 0.3) is 0 Å². The van der Waals surface area contributed by atoms with Crippen LogP contribution in [-0.2, 0) is 11.3 Å². The van der Waals surface area contributed by atoms with E-state index in [1.165, 1.54) is 5.56 Å². The van der Waals surface area contributed by atoms with Crippen molar-refractivity contribution >= 4 is 5.91 Å². The molecule has 2 aromatic carbocycles. The molecule has 1 saturated carbocycles. The quantitative estimate of drug-likeness (QED) is 0.507. The fourth-order valence-corrected chi connectivity index (χ4v) is 5.20. The van der Waals surface area contributed by atoms with Gasteiger partial charge in [0.05, 0.1) is 27.9 Å². The van der Waals surface area contributed by atoms with Crippen molar-refractivity contribution < 1.29 is 23.7 Å². The lowest BCUT2D eigenvalue weighted by atomic mass is 9.90. The Balaban J connectivity index is 1.25. The van der Waals surface area contributed by atoms with E-state index in [-0.39, 0.29) is 17.2 Å². The third-order valence-electron chi connectivity index (χ3n) is 7.56. The van der Waals surface area contributed by atoms with Crippen LogP contribution in [0.3, 0.4) is 0 Å². The number of methoxy groups -OCH3 is 3. The number of rotatable bonds is 10. The van der Waals surface area contributed by atoms with Gasteiger partial charge in [-0.25, -0.2) is 0 Å². The van der Waals surface area contributed by atoms with Crippen LogP contribution < -0.4 is 18.9 Å². The molecule has 0 unspecified atom stereocenters. The van der Waals surface area contributed by atoms with Crippen molar-refractivity contribution in [2.45, 2.75) is 32.7 Å². The van der Waals surface area contributed by atoms with Crippen LogP contribution in [0.1, 0.15) is 30.4 Å². The zero-order valence-electron chi connectivity index (χ0n) is 21.6. The molecule has 2 aliphatic rings. The summed E-state index contributed by atoms with van der Waals surface area (Å²) >= 11 is 0. The smallest absolute Gasteiger partial charge is 0.226 e. The van der Waals surface area contributed by atoms with Crippen LogP contribution in [-0.4, -0.2) is 70.3 Å². The van der Waals surface area contributed by atoms with Crippen molar-refractivity contribution in [2.24, 2.45) is 11.3 Å². The van der Waals surface area contributed by atoms with Crippen molar-refractivity contribution in [1.82, 2.24) is 9.80 Å². The summed E-state index contributed by atoms with van der Waals surface area (Å²) in [5, 5.41) is 0. The van der Waals surface area contributed by atoms with E-state index < -0.39 is 0 Å². The zero-order chi connectivity index (χ0) is 25.0. The van der Waals surface area contributed by atoms with E-state index in [0.717, 1.165) is 50.2 Å². The summed E-state index contributed by atoms with van der Waals surface area (Å²) in [4.78, 5) is 17.3. The molecule has 1 atom stereocenters. The van der Waals surface area contributed by atoms with E-state index in [9.17, 15) is 4.79 Å². The number of carbonyl (C=O) groups is 1. The summed E-state index contributed by atoms with van der Waals surface area (Å²) in [5.74, 6) is 3.23. The Bertz CT molecular complexity index is 990. The molecule has 1 saturated heterocycles. The Morgan fingerprint density at radius 2 is 1.66 bits per heavy atom. The lowest BCUT2D eigenvalue weighted by molar-refractivity contribution is -0.132. The second-order valence-corrected chi connectivity index (χ2v) is 9.85. The van der Waals surface area contributed by atoms with Gasteiger partial charge in [-0.2, -0.15) is 0 Å². The number of likely N-dealkylation sites (N-methyl/N-ethyl adjacent to an activating group) is 1. The Morgan fingerprint density at radius 3 is 2.23 bits per heavy atom. The van der Waals surface area contributed by atoms with Crippen molar-refractivity contribution in [3.05, 3.63) is 47.5 Å². The van der Waals surface area contributed by atoms with Crippen LogP contribution in [0.4, 0.5) is 0 Å². The van der Waals surface area contributed by atoms with E-state index in [4.69, 9.17) is 18.9 Å². The molecule has 0 aromatic heterocycles. The fraction of sp³-hybridized carbons (Fsp3) is 0.536. The second-order valence-electron chi connectivity index (χ2n) is 9.85. The number of piperidine rings is 1. The summed E-state index contributed by atoms with van der Waals surface area (Å²) in [6, 6.07) is 12.0. The van der Waals surface area contributed by atoms with E-state index in [1.54, 1.807) is 21.3 Å². The summed E-state index contributed by atoms with van der Waals surface area (Å²) in [5.41, 5.74) is 2.51. The number of hydrogen-bond acceptors (Lipinski definition) is 6. The first-order chi connectivity index (χ1) is 16.9. The molecule has 35 heavy (non-hydrogen) atoms. The van der Waals surface area contributed by atoms with Crippen LogP contribution >= 0.6 is 0 Å². The van der Waals surface area contributed by atoms with Crippen molar-refractivity contribution in [3.8, 4) is 23.0 Å². The number of likely N-dealkylation sites (tertiary alicyclic amines) is 1. The van der Waals surface area contributed by atoms with E-state index in [1.807, 2.05) is 48.3 Å². The van der Waals surface area contributed by atoms with E-state index in [2.05, 4.69) is 11.8 Å². The molecule has 0 bridgehead atoms. The highest BCUT2D eigenvalue weighted by Gasteiger charge is 2.58. The normalized spacial score (nSPS) is 18.7. The minimum absolute atomic E-state index is 0.148. The van der Waals surface area contributed by atoms with Gasteiger partial charge in [-0.05, 0) is 74.5 Å². The highest BCUT2D eigenvalue weighted by atomic mass is 16.5. The van der Waals surface area contributed by atoms with Crippen LogP contribution in [0.5, 0.6) is 23.0 Å². The maximum absolute atomic E-state index is 13.1. The molecule has 2 fully saturated rings. The first-order valence-corrected chi connectivity index (χ1v) is 12.3. The molecule has 1 spiro atoms. The SMILES string of the molecule is COc1cc(CN2CCC3(CC2)C[C@@H]3C(=O)N(C)CCOc2ccc(C)cc2)cc(OC)c1OC. The fourth-order valence-electron chi connectivity index (χ4n) is 5.20. The van der Waals surface area contributed by atoms with Gasteiger partial charge in [0.15, 0.2) is 11.5 Å². The first-order valence-electron chi connectivity index (χ1n) is 12.3. The molecular weight excluding hydrogens is 444 g/mol. The van der Waals surface area contributed by atoms with Crippen LogP contribution in [0.2, 0.25) is 0 Å². The maximum atomic E-state index is 13.1. The second kappa shape index (κ2) is 10.8. The number of amides is 1. The molecule has 4 rings (SSSR count). The predicted molar refractivity (Wildman–Crippen MR) is 135 cm³/mol. The average Bonchev–Trinajstić information content (AvgIpc) is 3.58. The number of ether oxygens (including phenoxy) is 4. The lowest BCUT2D eigenvalue weighted by Crippen LogP contribution is -2.38. The predicted octanol–water partition coefficient (Wildman–Crippen LogP) is 4.16. The lowest BCUT2D eigenvalue weighted by Gasteiger charge is -2.33. The number of hydrogen-bond donors (Lipinski definition) is 0. The molecule has 1 amide bonds. The third kappa shape index (κ3) is 5.67. The van der Waals surface area contributed by atoms with Gasteiger partial charge in [-0.15, -0.1) is 0 Å². The van der Waals surface area contributed by atoms with Gasteiger partial charge in [0.1, 0.15) is 12.4 Å². The summed E-state index contributed by atoms with van der Waals surface area (Å²) in [7, 11) is 6.79. The van der Waals surface area contributed by atoms with Crippen molar-refractivity contribution in [1.29, 1.82) is 0 Å². The van der Waals surface area contributed by atoms with Gasteiger partial charge >= 0.3 is 0 Å².